The fourth-order valence-electron chi connectivity index (χ4n) is 9.38. The van der Waals surface area contributed by atoms with Gasteiger partial charge in [-0.2, -0.15) is 0 Å². The predicted octanol–water partition coefficient (Wildman–Crippen LogP) is 18.1. The van der Waals surface area contributed by atoms with Crippen molar-refractivity contribution < 1.29 is 39.6 Å². The van der Waals surface area contributed by atoms with E-state index in [1.54, 1.807) is 48.5 Å². The molecule has 0 spiro atoms. The van der Waals surface area contributed by atoms with E-state index in [9.17, 15) is 39.6 Å². The largest absolute Gasteiger partial charge is 0.486 e. The first-order valence-corrected chi connectivity index (χ1v) is 28.5. The molecule has 0 radical (unpaired) electrons. The molecule has 88 heavy (non-hydrogen) atoms. The number of benzene rings is 7. The standard InChI is InChI=1S/C74H55N5O8S/c1-6-7-8-9-10-63-41-42-64(88-63)40-25-49-19-34-60(35-20-49)79(61-36-21-50(22-37-61)43-65(56-26-11-52(12-27-56)45-67(75-2)71(80)81)57-28-13-53(14-29-57)46-68(76-3)72(82)83)62-38-23-51(24-39-62)44-66(58-30-15-54(16-31-58)47-69(77-4)73(84)85)59-32-17-55(18-33-59)48-70(78-5)74(86)87/h11-48H,6-10H2,1H3,(H,80,81)(H,82,83)(H,84,85)(H,86,87)/b40-25+,67-45-,68-46-,69-47-,70-48-. The van der Waals surface area contributed by atoms with Crippen molar-refractivity contribution in [1.82, 2.24) is 0 Å². The van der Waals surface area contributed by atoms with Crippen LogP contribution in [-0.4, -0.2) is 44.3 Å². The number of hydrogen-bond acceptors (Lipinski definition) is 6. The molecule has 0 aliphatic carbocycles. The number of hydrogen-bond donors (Lipinski definition) is 4. The van der Waals surface area contributed by atoms with Gasteiger partial charge in [-0.25, -0.2) is 19.4 Å². The van der Waals surface area contributed by atoms with Gasteiger partial charge in [-0.3, -0.25) is 19.2 Å². The average Bonchev–Trinajstić information content (AvgIpc) is 1.91. The Morgan fingerprint density at radius 3 is 0.966 bits per heavy atom. The summed E-state index contributed by atoms with van der Waals surface area (Å²) in [5.41, 5.74) is 10.3. The number of anilines is 3. The Balaban J connectivity index is 1.19. The van der Waals surface area contributed by atoms with E-state index >= 15 is 0 Å². The van der Waals surface area contributed by atoms with Crippen LogP contribution in [0.1, 0.15) is 104 Å². The molecule has 1 heterocycles. The van der Waals surface area contributed by atoms with Crippen molar-refractivity contribution in [2.75, 3.05) is 4.90 Å². The van der Waals surface area contributed by atoms with Crippen LogP contribution in [0.15, 0.2) is 205 Å². The molecule has 0 aliphatic rings. The second-order valence-electron chi connectivity index (χ2n) is 19.9. The summed E-state index contributed by atoms with van der Waals surface area (Å²) < 4.78 is 0. The van der Waals surface area contributed by atoms with Crippen molar-refractivity contribution in [1.29, 1.82) is 0 Å². The molecule has 430 valence electrons. The molecule has 0 bridgehead atoms. The first-order valence-electron chi connectivity index (χ1n) is 27.7. The Labute approximate surface area is 514 Å². The summed E-state index contributed by atoms with van der Waals surface area (Å²) in [4.78, 5) is 63.8. The van der Waals surface area contributed by atoms with Crippen molar-refractivity contribution in [2.24, 2.45) is 0 Å². The van der Waals surface area contributed by atoms with Crippen LogP contribution in [0.3, 0.4) is 0 Å². The minimum atomic E-state index is -1.33. The lowest BCUT2D eigenvalue weighted by Crippen LogP contribution is -2.09. The monoisotopic (exact) mass is 1170 g/mol. The molecule has 0 fully saturated rings. The third kappa shape index (κ3) is 16.7. The fourth-order valence-corrected chi connectivity index (χ4v) is 10.3. The van der Waals surface area contributed by atoms with E-state index < -0.39 is 46.7 Å². The van der Waals surface area contributed by atoms with Crippen LogP contribution in [0.25, 0.3) is 79.1 Å². The Kier molecular flexibility index (Phi) is 21.2. The van der Waals surface area contributed by atoms with E-state index in [0.717, 1.165) is 73.6 Å². The van der Waals surface area contributed by atoms with Crippen LogP contribution in [-0.2, 0) is 25.6 Å². The van der Waals surface area contributed by atoms with Gasteiger partial charge in [0.1, 0.15) is 0 Å². The zero-order valence-electron chi connectivity index (χ0n) is 47.5. The van der Waals surface area contributed by atoms with E-state index in [1.165, 1.54) is 59.7 Å². The summed E-state index contributed by atoms with van der Waals surface area (Å²) in [5, 5.41) is 38.0. The number of unbranched alkanes of at least 4 members (excludes halogenated alkanes) is 3. The SMILES string of the molecule is [C-]#[N+]/C(=C\c1ccc(C(=Cc2ccc(N(c3ccc(C=C(c4ccc(/C=C(\[N+]#[C-])C(=O)O)cc4)c4ccc(/C=C(\[N+]#[C-])C(=O)O)cc4)cc3)c3ccc(/C=C/c4ccc(CCCCCC)s4)cc3)cc2)c2ccc(/C=C(\[N+]#[C-])C(=O)O)cc2)cc1)C(=O)O. The molecule has 0 atom stereocenters. The van der Waals surface area contributed by atoms with Gasteiger partial charge >= 0.3 is 23.9 Å². The van der Waals surface area contributed by atoms with Crippen LogP contribution < -0.4 is 4.90 Å². The molecule has 8 aromatic rings. The molecule has 0 amide bonds. The first kappa shape index (κ1) is 62.1. The van der Waals surface area contributed by atoms with E-state index in [4.69, 9.17) is 26.3 Å². The highest BCUT2D eigenvalue weighted by atomic mass is 32.1. The van der Waals surface area contributed by atoms with Crippen LogP contribution in [0.5, 0.6) is 0 Å². The Hall–Kier alpha value is -11.9. The van der Waals surface area contributed by atoms with E-state index in [2.05, 4.69) is 79.8 Å². The molecule has 13 nitrogen and oxygen atoms in total. The predicted molar refractivity (Wildman–Crippen MR) is 351 cm³/mol. The molecular weight excluding hydrogens is 1120 g/mol. The van der Waals surface area contributed by atoms with Gasteiger partial charge in [-0.05, 0) is 176 Å². The van der Waals surface area contributed by atoms with Crippen LogP contribution >= 0.6 is 11.3 Å². The van der Waals surface area contributed by atoms with Gasteiger partial charge in [0.15, 0.2) is 0 Å². The lowest BCUT2D eigenvalue weighted by molar-refractivity contribution is -0.133. The van der Waals surface area contributed by atoms with Gasteiger partial charge in [0.2, 0.25) is 0 Å². The quantitative estimate of drug-likeness (QED) is 0.0199. The maximum absolute atomic E-state index is 11.6. The molecule has 0 unspecified atom stereocenters. The summed E-state index contributed by atoms with van der Waals surface area (Å²) in [5.74, 6) is -5.33. The van der Waals surface area contributed by atoms with E-state index in [0.29, 0.717) is 22.3 Å². The molecule has 7 aromatic carbocycles. The van der Waals surface area contributed by atoms with Gasteiger partial charge in [0.05, 0.1) is 26.3 Å². The lowest BCUT2D eigenvalue weighted by atomic mass is 9.94. The zero-order chi connectivity index (χ0) is 62.5. The van der Waals surface area contributed by atoms with Crippen molar-refractivity contribution in [3.8, 4) is 0 Å². The second kappa shape index (κ2) is 30.0. The van der Waals surface area contributed by atoms with Gasteiger partial charge in [-0.1, -0.05) is 166 Å². The number of nitrogens with zero attached hydrogens (tertiary/aromatic N) is 5. The number of aryl methyl sites for hydroxylation is 1. The number of carboxylic acids is 4. The maximum Gasteiger partial charge on any atom is 0.333 e. The molecule has 1 aromatic heterocycles. The summed E-state index contributed by atoms with van der Waals surface area (Å²) in [6, 6.07) is 57.2. The molecule has 4 N–H and O–H groups in total. The minimum Gasteiger partial charge on any atom is -0.486 e. The van der Waals surface area contributed by atoms with Gasteiger partial charge in [-0.15, -0.1) is 11.3 Å². The summed E-state index contributed by atoms with van der Waals surface area (Å²) in [7, 11) is 0. The average molecular weight is 1170 g/mol. The molecule has 0 aliphatic heterocycles. The number of carbonyl (C=O) groups is 4. The van der Waals surface area contributed by atoms with Crippen LogP contribution in [0.4, 0.5) is 17.1 Å². The van der Waals surface area contributed by atoms with Crippen molar-refractivity contribution in [2.45, 2.75) is 39.0 Å². The summed E-state index contributed by atoms with van der Waals surface area (Å²) in [6.07, 6.45) is 19.4. The highest BCUT2D eigenvalue weighted by Crippen LogP contribution is 2.37. The molecule has 0 saturated carbocycles. The molecule has 0 saturated heterocycles. The third-order valence-electron chi connectivity index (χ3n) is 13.9. The second-order valence-corrected chi connectivity index (χ2v) is 21.1. The van der Waals surface area contributed by atoms with E-state index in [1.807, 2.05) is 121 Å². The van der Waals surface area contributed by atoms with Gasteiger partial charge in [0.25, 0.3) is 22.8 Å². The fraction of sp³-hybridized carbons (Fsp3) is 0.0811. The molecule has 8 rings (SSSR count). The number of carboxylic acid groups (broad SMARTS) is 4. The topological polar surface area (TPSA) is 170 Å². The summed E-state index contributed by atoms with van der Waals surface area (Å²) >= 11 is 1.81. The van der Waals surface area contributed by atoms with Gasteiger partial charge < -0.3 is 25.3 Å². The minimum absolute atomic E-state index is 0.425. The molecule has 14 heteroatoms. The van der Waals surface area contributed by atoms with Crippen LogP contribution in [0, 0.1) is 26.3 Å². The Morgan fingerprint density at radius 1 is 0.375 bits per heavy atom. The maximum atomic E-state index is 11.6. The van der Waals surface area contributed by atoms with Crippen molar-refractivity contribution >= 4 is 112 Å². The van der Waals surface area contributed by atoms with Crippen molar-refractivity contribution in [3.63, 3.8) is 0 Å². The number of thiophene rings is 1. The number of aliphatic carboxylic acids is 4. The first-order chi connectivity index (χ1) is 42.6. The Morgan fingerprint density at radius 2 is 0.670 bits per heavy atom. The van der Waals surface area contributed by atoms with E-state index in [-0.39, 0.29) is 0 Å². The third-order valence-corrected chi connectivity index (χ3v) is 15.0. The van der Waals surface area contributed by atoms with Gasteiger partial charge in [0, 0.05) is 26.8 Å². The molecular formula is C74H55N5O8S. The lowest BCUT2D eigenvalue weighted by Gasteiger charge is -2.26. The highest BCUT2D eigenvalue weighted by Gasteiger charge is 2.17. The summed E-state index contributed by atoms with van der Waals surface area (Å²) in [6.45, 7) is 31.5. The van der Waals surface area contributed by atoms with Crippen LogP contribution in [0.2, 0.25) is 0 Å². The smallest absolute Gasteiger partial charge is 0.333 e. The zero-order valence-corrected chi connectivity index (χ0v) is 48.4. The Bertz CT molecular complexity index is 3890. The normalized spacial score (nSPS) is 11.6. The number of rotatable bonds is 24. The highest BCUT2D eigenvalue weighted by molar-refractivity contribution is 7.12. The van der Waals surface area contributed by atoms with Crippen molar-refractivity contribution in [3.05, 3.63) is 321 Å².